The largest absolute Gasteiger partial charge is 0.100 e. The molecule has 18 heavy (non-hydrogen) atoms. The Balaban J connectivity index is 3.15. The van der Waals surface area contributed by atoms with E-state index in [1.807, 2.05) is 0 Å². The Morgan fingerprint density at radius 1 is 0.833 bits per heavy atom. The molecule has 0 bridgehead atoms. The molecule has 0 amide bonds. The van der Waals surface area contributed by atoms with Crippen molar-refractivity contribution in [3.63, 3.8) is 0 Å². The Morgan fingerprint density at radius 2 is 1.33 bits per heavy atom. The summed E-state index contributed by atoms with van der Waals surface area (Å²) in [6.07, 6.45) is 16.9. The quantitative estimate of drug-likeness (QED) is 0.247. The molecule has 0 saturated carbocycles. The van der Waals surface area contributed by atoms with Crippen molar-refractivity contribution in [2.24, 2.45) is 5.92 Å². The highest BCUT2D eigenvalue weighted by Gasteiger charge is 2.01. The van der Waals surface area contributed by atoms with Gasteiger partial charge in [-0.3, -0.25) is 0 Å². The molecule has 0 aromatic rings. The molecule has 0 aromatic heterocycles. The molecule has 0 fully saturated rings. The van der Waals surface area contributed by atoms with Crippen LogP contribution in [-0.2, 0) is 0 Å². The number of allylic oxidation sites excluding steroid dienone is 1. The van der Waals surface area contributed by atoms with Crippen LogP contribution in [0.1, 0.15) is 97.8 Å². The summed E-state index contributed by atoms with van der Waals surface area (Å²) >= 11 is 0. The molecular formula is C18H36. The van der Waals surface area contributed by atoms with Gasteiger partial charge in [0.1, 0.15) is 0 Å². The van der Waals surface area contributed by atoms with Gasteiger partial charge in [-0.25, -0.2) is 0 Å². The molecule has 0 spiro atoms. The SMILES string of the molecule is C=C(C)CCCCCCCC(C)CCCCCC. The second kappa shape index (κ2) is 13.2. The van der Waals surface area contributed by atoms with Gasteiger partial charge in [-0.15, -0.1) is 6.58 Å². The standard InChI is InChI=1S/C18H36/c1-5-6-7-12-15-18(4)16-13-10-8-9-11-14-17(2)3/h18H,2,5-16H2,1,3-4H3. The van der Waals surface area contributed by atoms with Gasteiger partial charge in [-0.05, 0) is 25.7 Å². The van der Waals surface area contributed by atoms with E-state index in [-0.39, 0.29) is 0 Å². The highest BCUT2D eigenvalue weighted by atomic mass is 14.1. The zero-order chi connectivity index (χ0) is 13.6. The lowest BCUT2D eigenvalue weighted by atomic mass is 9.96. The smallest absolute Gasteiger partial charge is 0.0326 e. The van der Waals surface area contributed by atoms with Crippen molar-refractivity contribution in [2.45, 2.75) is 97.8 Å². The number of unbranched alkanes of at least 4 members (excludes halogenated alkanes) is 7. The zero-order valence-electron chi connectivity index (χ0n) is 13.3. The number of hydrogen-bond donors (Lipinski definition) is 0. The van der Waals surface area contributed by atoms with E-state index in [4.69, 9.17) is 0 Å². The van der Waals surface area contributed by atoms with Crippen LogP contribution in [0.15, 0.2) is 12.2 Å². The van der Waals surface area contributed by atoms with Gasteiger partial charge in [0.2, 0.25) is 0 Å². The summed E-state index contributed by atoms with van der Waals surface area (Å²) in [5.41, 5.74) is 1.34. The predicted molar refractivity (Wildman–Crippen MR) is 85.1 cm³/mol. The highest BCUT2D eigenvalue weighted by molar-refractivity contribution is 4.86. The summed E-state index contributed by atoms with van der Waals surface area (Å²) in [4.78, 5) is 0. The fourth-order valence-electron chi connectivity index (χ4n) is 2.51. The first-order valence-electron chi connectivity index (χ1n) is 8.31. The Kier molecular flexibility index (Phi) is 13.0. The van der Waals surface area contributed by atoms with E-state index in [2.05, 4.69) is 27.4 Å². The van der Waals surface area contributed by atoms with Crippen LogP contribution >= 0.6 is 0 Å². The van der Waals surface area contributed by atoms with Crippen molar-refractivity contribution in [1.82, 2.24) is 0 Å². The maximum Gasteiger partial charge on any atom is -0.0326 e. The molecule has 0 aliphatic carbocycles. The minimum Gasteiger partial charge on any atom is -0.100 e. The van der Waals surface area contributed by atoms with Gasteiger partial charge in [0, 0.05) is 0 Å². The third-order valence-corrected chi connectivity index (χ3v) is 3.85. The van der Waals surface area contributed by atoms with Crippen LogP contribution in [0.2, 0.25) is 0 Å². The molecule has 0 aliphatic heterocycles. The summed E-state index contributed by atoms with van der Waals surface area (Å²) in [5, 5.41) is 0. The van der Waals surface area contributed by atoms with Crippen molar-refractivity contribution in [3.8, 4) is 0 Å². The van der Waals surface area contributed by atoms with Gasteiger partial charge in [-0.1, -0.05) is 83.6 Å². The van der Waals surface area contributed by atoms with Gasteiger partial charge in [0.25, 0.3) is 0 Å². The third-order valence-electron chi connectivity index (χ3n) is 3.85. The fourth-order valence-corrected chi connectivity index (χ4v) is 2.51. The van der Waals surface area contributed by atoms with Crippen LogP contribution in [0.5, 0.6) is 0 Å². The minimum absolute atomic E-state index is 0.956. The van der Waals surface area contributed by atoms with Crippen molar-refractivity contribution >= 4 is 0 Å². The second-order valence-electron chi connectivity index (χ2n) is 6.22. The van der Waals surface area contributed by atoms with Gasteiger partial charge >= 0.3 is 0 Å². The lowest BCUT2D eigenvalue weighted by Gasteiger charge is -2.10. The van der Waals surface area contributed by atoms with Crippen molar-refractivity contribution < 1.29 is 0 Å². The number of rotatable bonds is 13. The molecule has 0 nitrogen and oxygen atoms in total. The molecule has 108 valence electrons. The molecule has 0 N–H and O–H groups in total. The fraction of sp³-hybridized carbons (Fsp3) is 0.889. The molecule has 0 aliphatic rings. The first kappa shape index (κ1) is 17.7. The minimum atomic E-state index is 0.956. The molecule has 0 heterocycles. The first-order chi connectivity index (χ1) is 8.66. The van der Waals surface area contributed by atoms with Gasteiger partial charge in [-0.2, -0.15) is 0 Å². The summed E-state index contributed by atoms with van der Waals surface area (Å²) < 4.78 is 0. The second-order valence-corrected chi connectivity index (χ2v) is 6.22. The van der Waals surface area contributed by atoms with Crippen LogP contribution < -0.4 is 0 Å². The Hall–Kier alpha value is -0.260. The Labute approximate surface area is 116 Å². The summed E-state index contributed by atoms with van der Waals surface area (Å²) in [5.74, 6) is 0.956. The maximum absolute atomic E-state index is 3.95. The van der Waals surface area contributed by atoms with E-state index in [0.717, 1.165) is 5.92 Å². The van der Waals surface area contributed by atoms with Crippen LogP contribution in [0.3, 0.4) is 0 Å². The van der Waals surface area contributed by atoms with E-state index < -0.39 is 0 Å². The third kappa shape index (κ3) is 13.8. The van der Waals surface area contributed by atoms with E-state index in [1.54, 1.807) is 0 Å². The van der Waals surface area contributed by atoms with Crippen LogP contribution in [0.25, 0.3) is 0 Å². The van der Waals surface area contributed by atoms with Crippen molar-refractivity contribution in [3.05, 3.63) is 12.2 Å². The summed E-state index contributed by atoms with van der Waals surface area (Å²) in [6, 6.07) is 0. The zero-order valence-corrected chi connectivity index (χ0v) is 13.3. The first-order valence-corrected chi connectivity index (χ1v) is 8.31. The molecule has 0 saturated heterocycles. The summed E-state index contributed by atoms with van der Waals surface area (Å²) in [7, 11) is 0. The number of hydrogen-bond acceptors (Lipinski definition) is 0. The molecule has 0 heteroatoms. The van der Waals surface area contributed by atoms with Crippen molar-refractivity contribution in [1.29, 1.82) is 0 Å². The van der Waals surface area contributed by atoms with Crippen molar-refractivity contribution in [2.75, 3.05) is 0 Å². The predicted octanol–water partition coefficient (Wildman–Crippen LogP) is 6.90. The average Bonchev–Trinajstić information content (AvgIpc) is 2.33. The highest BCUT2D eigenvalue weighted by Crippen LogP contribution is 2.18. The van der Waals surface area contributed by atoms with Gasteiger partial charge < -0.3 is 0 Å². The van der Waals surface area contributed by atoms with E-state index in [9.17, 15) is 0 Å². The van der Waals surface area contributed by atoms with E-state index in [1.165, 1.54) is 82.6 Å². The lowest BCUT2D eigenvalue weighted by Crippen LogP contribution is -1.95. The molecule has 0 aromatic carbocycles. The van der Waals surface area contributed by atoms with E-state index in [0.29, 0.717) is 0 Å². The molecule has 0 radical (unpaired) electrons. The lowest BCUT2D eigenvalue weighted by molar-refractivity contribution is 0.434. The van der Waals surface area contributed by atoms with Crippen LogP contribution in [0, 0.1) is 5.92 Å². The van der Waals surface area contributed by atoms with E-state index >= 15 is 0 Å². The van der Waals surface area contributed by atoms with Gasteiger partial charge in [0.05, 0.1) is 0 Å². The monoisotopic (exact) mass is 252 g/mol. The molecule has 1 unspecified atom stereocenters. The van der Waals surface area contributed by atoms with Crippen LogP contribution in [-0.4, -0.2) is 0 Å². The normalized spacial score (nSPS) is 12.6. The summed E-state index contributed by atoms with van der Waals surface area (Å²) in [6.45, 7) is 10.8. The van der Waals surface area contributed by atoms with Gasteiger partial charge in [0.15, 0.2) is 0 Å². The molecular weight excluding hydrogens is 216 g/mol. The maximum atomic E-state index is 3.95. The Bertz CT molecular complexity index is 180. The molecule has 0 rings (SSSR count). The molecule has 1 atom stereocenters. The Morgan fingerprint density at radius 3 is 1.89 bits per heavy atom. The topological polar surface area (TPSA) is 0 Å². The average molecular weight is 252 g/mol. The van der Waals surface area contributed by atoms with Crippen LogP contribution in [0.4, 0.5) is 0 Å².